The second-order valence-corrected chi connectivity index (χ2v) is 9.77. The first kappa shape index (κ1) is 21.9. The van der Waals surface area contributed by atoms with Crippen LogP contribution in [0.2, 0.25) is 5.02 Å². The van der Waals surface area contributed by atoms with Gasteiger partial charge in [-0.05, 0) is 43.2 Å². The van der Waals surface area contributed by atoms with Crippen LogP contribution in [0, 0.1) is 25.7 Å². The monoisotopic (exact) mass is 485 g/mol. The molecule has 2 fully saturated rings. The number of halogens is 1. The van der Waals surface area contributed by atoms with Gasteiger partial charge in [0, 0.05) is 21.7 Å². The number of fused-ring (bicyclic) bond motifs is 3. The van der Waals surface area contributed by atoms with Crippen molar-refractivity contribution in [2.45, 2.75) is 25.6 Å². The molecule has 2 heterocycles. The number of rotatable bonds is 2. The molecule has 0 aromatic heterocycles. The normalized spacial score (nSPS) is 24.4. The van der Waals surface area contributed by atoms with Gasteiger partial charge in [0.25, 0.3) is 0 Å². The van der Waals surface area contributed by atoms with Crippen LogP contribution in [-0.2, 0) is 14.3 Å². The maximum absolute atomic E-state index is 14.0. The maximum Gasteiger partial charge on any atom is 0.241 e. The van der Waals surface area contributed by atoms with Crippen LogP contribution in [0.5, 0.6) is 0 Å². The van der Waals surface area contributed by atoms with E-state index in [0.29, 0.717) is 16.3 Å². The zero-order valence-electron chi connectivity index (χ0n) is 18.9. The first-order chi connectivity index (χ1) is 16.8. The Bertz CT molecular complexity index is 1420. The summed E-state index contributed by atoms with van der Waals surface area (Å²) in [5.41, 5.74) is 0.913. The van der Waals surface area contributed by atoms with E-state index in [4.69, 9.17) is 16.3 Å². The Balaban J connectivity index is 1.57. The molecule has 0 bridgehead atoms. The van der Waals surface area contributed by atoms with Crippen molar-refractivity contribution >= 4 is 40.7 Å². The number of amides is 2. The van der Waals surface area contributed by atoms with E-state index in [2.05, 4.69) is 0 Å². The lowest BCUT2D eigenvalue weighted by Gasteiger charge is -2.27. The van der Waals surface area contributed by atoms with Gasteiger partial charge in [0.05, 0.1) is 23.6 Å². The number of nitrogens with zero attached hydrogens (tertiary/aromatic N) is 1. The summed E-state index contributed by atoms with van der Waals surface area (Å²) in [5.74, 6) is -4.69. The van der Waals surface area contributed by atoms with Crippen molar-refractivity contribution in [3.63, 3.8) is 0 Å². The van der Waals surface area contributed by atoms with Crippen molar-refractivity contribution < 1.29 is 23.9 Å². The molecular weight excluding hydrogens is 466 g/mol. The minimum atomic E-state index is -2.11. The van der Waals surface area contributed by atoms with Gasteiger partial charge in [-0.15, -0.1) is 0 Å². The van der Waals surface area contributed by atoms with Crippen molar-refractivity contribution in [2.24, 2.45) is 11.8 Å². The van der Waals surface area contributed by atoms with Gasteiger partial charge in [-0.1, -0.05) is 60.1 Å². The topological polar surface area (TPSA) is 80.8 Å². The van der Waals surface area contributed by atoms with Crippen LogP contribution >= 0.6 is 11.6 Å². The Labute approximate surface area is 206 Å². The number of anilines is 1. The van der Waals surface area contributed by atoms with Gasteiger partial charge in [-0.2, -0.15) is 0 Å². The number of carbonyl (C=O) groups excluding carboxylic acids is 4. The summed E-state index contributed by atoms with van der Waals surface area (Å²) < 4.78 is 6.27. The van der Waals surface area contributed by atoms with Gasteiger partial charge >= 0.3 is 0 Å². The van der Waals surface area contributed by atoms with Crippen LogP contribution in [0.15, 0.2) is 66.7 Å². The lowest BCUT2D eigenvalue weighted by Crippen LogP contribution is -2.51. The zero-order chi connectivity index (χ0) is 24.6. The molecule has 2 amide bonds. The van der Waals surface area contributed by atoms with Crippen molar-refractivity contribution in [2.75, 3.05) is 4.90 Å². The van der Waals surface area contributed by atoms with E-state index in [-0.39, 0.29) is 11.1 Å². The summed E-state index contributed by atoms with van der Waals surface area (Å²) >= 11 is 6.47. The maximum atomic E-state index is 14.0. The number of ether oxygens (including phenoxy) is 1. The molecule has 35 heavy (non-hydrogen) atoms. The highest BCUT2D eigenvalue weighted by molar-refractivity contribution is 6.37. The molecule has 1 spiro atoms. The third kappa shape index (κ3) is 2.81. The highest BCUT2D eigenvalue weighted by atomic mass is 35.5. The number of benzene rings is 3. The quantitative estimate of drug-likeness (QED) is 0.390. The van der Waals surface area contributed by atoms with Crippen LogP contribution in [0.3, 0.4) is 0 Å². The Morgan fingerprint density at radius 2 is 1.37 bits per heavy atom. The molecule has 0 radical (unpaired) electrons. The van der Waals surface area contributed by atoms with E-state index in [0.717, 1.165) is 16.0 Å². The predicted molar refractivity (Wildman–Crippen MR) is 129 cm³/mol. The molecule has 2 aliphatic heterocycles. The van der Waals surface area contributed by atoms with Crippen LogP contribution in [0.25, 0.3) is 0 Å². The molecule has 6 rings (SSSR count). The van der Waals surface area contributed by atoms with Crippen LogP contribution in [-0.4, -0.2) is 29.0 Å². The van der Waals surface area contributed by atoms with E-state index >= 15 is 0 Å². The Morgan fingerprint density at radius 1 is 0.800 bits per heavy atom. The molecule has 0 N–H and O–H groups in total. The Hall–Kier alpha value is -3.61. The molecular formula is C28H20ClNO5. The minimum absolute atomic E-state index is 0.196. The second kappa shape index (κ2) is 7.44. The van der Waals surface area contributed by atoms with Crippen molar-refractivity contribution in [1.29, 1.82) is 0 Å². The third-order valence-corrected chi connectivity index (χ3v) is 7.54. The highest BCUT2D eigenvalue weighted by Gasteiger charge is 2.74. The second-order valence-electron chi connectivity index (χ2n) is 9.36. The van der Waals surface area contributed by atoms with E-state index in [1.54, 1.807) is 60.7 Å². The number of aryl methyl sites for hydroxylation is 2. The first-order valence-electron chi connectivity index (χ1n) is 11.3. The van der Waals surface area contributed by atoms with E-state index < -0.39 is 46.9 Å². The Kier molecular flexibility index (Phi) is 4.66. The molecule has 1 aliphatic carbocycles. The molecule has 3 aromatic carbocycles. The summed E-state index contributed by atoms with van der Waals surface area (Å²) in [6.45, 7) is 3.75. The standard InChI is InChI=1S/C28H20ClNO5/c1-14-11-15(2)13-16(12-14)30-26(33)21-22(27(30)34)28(35-23(21)19-9-5-6-10-20(19)29)24(31)17-7-3-4-8-18(17)25(28)32/h3-13,21-23H,1-2H3/t21-,22-,23-/m1/s1. The number of hydrogen-bond acceptors (Lipinski definition) is 5. The number of ketones is 2. The van der Waals surface area contributed by atoms with Crippen LogP contribution < -0.4 is 4.90 Å². The first-order valence-corrected chi connectivity index (χ1v) is 11.7. The van der Waals surface area contributed by atoms with Gasteiger partial charge in [0.1, 0.15) is 0 Å². The average molecular weight is 486 g/mol. The summed E-state index contributed by atoms with van der Waals surface area (Å²) in [6.07, 6.45) is -1.04. The summed E-state index contributed by atoms with van der Waals surface area (Å²) in [6, 6.07) is 18.7. The number of imide groups is 1. The summed E-state index contributed by atoms with van der Waals surface area (Å²) in [7, 11) is 0. The fraction of sp³-hybridized carbons (Fsp3) is 0.214. The fourth-order valence-electron chi connectivity index (χ4n) is 5.84. The van der Waals surface area contributed by atoms with Crippen LogP contribution in [0.4, 0.5) is 5.69 Å². The van der Waals surface area contributed by atoms with E-state index in [1.165, 1.54) is 0 Å². The minimum Gasteiger partial charge on any atom is -0.349 e. The number of Topliss-reactive ketones (excluding diaryl/α,β-unsaturated/α-hetero) is 2. The van der Waals surface area contributed by atoms with E-state index in [9.17, 15) is 19.2 Å². The summed E-state index contributed by atoms with van der Waals surface area (Å²) in [4.78, 5) is 56.5. The molecule has 174 valence electrons. The molecule has 0 saturated carbocycles. The largest absolute Gasteiger partial charge is 0.349 e. The molecule has 2 saturated heterocycles. The predicted octanol–water partition coefficient (Wildman–Crippen LogP) is 4.65. The number of carbonyl (C=O) groups is 4. The van der Waals surface area contributed by atoms with Gasteiger partial charge in [-0.3, -0.25) is 19.2 Å². The number of hydrogen-bond donors (Lipinski definition) is 0. The molecule has 3 aliphatic rings. The lowest BCUT2D eigenvalue weighted by molar-refractivity contribution is -0.127. The van der Waals surface area contributed by atoms with Crippen molar-refractivity contribution in [3.05, 3.63) is 99.6 Å². The molecule has 3 atom stereocenters. The van der Waals surface area contributed by atoms with E-state index in [1.807, 2.05) is 19.9 Å². The third-order valence-electron chi connectivity index (χ3n) is 7.20. The molecule has 3 aromatic rings. The van der Waals surface area contributed by atoms with Gasteiger partial charge < -0.3 is 4.74 Å². The van der Waals surface area contributed by atoms with Gasteiger partial charge in [-0.25, -0.2) is 4.90 Å². The fourth-order valence-corrected chi connectivity index (χ4v) is 6.08. The van der Waals surface area contributed by atoms with Gasteiger partial charge in [0.2, 0.25) is 29.0 Å². The average Bonchev–Trinajstić information content (AvgIpc) is 3.39. The van der Waals surface area contributed by atoms with Crippen molar-refractivity contribution in [1.82, 2.24) is 0 Å². The van der Waals surface area contributed by atoms with Gasteiger partial charge in [0.15, 0.2) is 0 Å². The summed E-state index contributed by atoms with van der Waals surface area (Å²) in [5, 5.41) is 0.328. The smallest absolute Gasteiger partial charge is 0.241 e. The zero-order valence-corrected chi connectivity index (χ0v) is 19.7. The highest BCUT2D eigenvalue weighted by Crippen LogP contribution is 2.58. The molecule has 6 nitrogen and oxygen atoms in total. The molecule has 0 unspecified atom stereocenters. The lowest BCUT2D eigenvalue weighted by atomic mass is 9.77. The SMILES string of the molecule is Cc1cc(C)cc(N2C(=O)[C@H]3[C@@H](c4ccccc4Cl)OC4(C(=O)c5ccccc5C4=O)[C@H]3C2=O)c1. The molecule has 7 heteroatoms. The van der Waals surface area contributed by atoms with Crippen molar-refractivity contribution in [3.8, 4) is 0 Å². The Morgan fingerprint density at radius 3 is 1.97 bits per heavy atom. The van der Waals surface area contributed by atoms with Crippen LogP contribution in [0.1, 0.15) is 43.5 Å².